The van der Waals surface area contributed by atoms with Crippen molar-refractivity contribution in [3.05, 3.63) is 57.3 Å². The lowest BCUT2D eigenvalue weighted by atomic mass is 10.2. The molecule has 1 amide bonds. The number of nitrogens with one attached hydrogen (secondary N) is 1. The molecule has 1 N–H and O–H groups in total. The summed E-state index contributed by atoms with van der Waals surface area (Å²) < 4.78 is 1.04. The lowest BCUT2D eigenvalue weighted by molar-refractivity contribution is 0.103. The number of aromatic nitrogens is 1. The Bertz CT molecular complexity index is 720. The van der Waals surface area contributed by atoms with E-state index in [1.807, 2.05) is 41.8 Å². The highest BCUT2D eigenvalue weighted by atomic mass is 79.9. The largest absolute Gasteiger partial charge is 0.297 e. The number of carbonyl (C=O) groups is 1. The van der Waals surface area contributed by atoms with Gasteiger partial charge in [-0.1, -0.05) is 28.1 Å². The molecule has 6 heteroatoms. The fraction of sp³-hybridized carbons (Fsp3) is 0. The van der Waals surface area contributed by atoms with Crippen molar-refractivity contribution in [1.82, 2.24) is 4.98 Å². The van der Waals surface area contributed by atoms with Crippen molar-refractivity contribution < 1.29 is 4.79 Å². The molecular formula is C14H9BrN2OS2. The van der Waals surface area contributed by atoms with Crippen molar-refractivity contribution in [2.45, 2.75) is 0 Å². The summed E-state index contributed by atoms with van der Waals surface area (Å²) in [6, 6.07) is 11.8. The molecule has 2 heterocycles. The van der Waals surface area contributed by atoms with Gasteiger partial charge in [0.25, 0.3) is 5.91 Å². The number of halogens is 1. The second kappa shape index (κ2) is 5.87. The van der Waals surface area contributed by atoms with Gasteiger partial charge in [0.05, 0.1) is 4.88 Å². The first-order valence-electron chi connectivity index (χ1n) is 5.79. The molecule has 0 spiro atoms. The number of thiophene rings is 1. The molecule has 0 radical (unpaired) electrons. The smallest absolute Gasteiger partial charge is 0.267 e. The Morgan fingerprint density at radius 1 is 1.15 bits per heavy atom. The summed E-state index contributed by atoms with van der Waals surface area (Å²) in [5.74, 6) is -0.117. The maximum absolute atomic E-state index is 12.1. The van der Waals surface area contributed by atoms with Crippen molar-refractivity contribution in [2.24, 2.45) is 0 Å². The minimum Gasteiger partial charge on any atom is -0.297 e. The summed E-state index contributed by atoms with van der Waals surface area (Å²) in [6.07, 6.45) is 1.67. The second-order valence-electron chi connectivity index (χ2n) is 3.96. The lowest BCUT2D eigenvalue weighted by Crippen LogP contribution is -2.09. The number of hydrogen-bond donors (Lipinski definition) is 1. The molecule has 1 aromatic carbocycles. The summed E-state index contributed by atoms with van der Waals surface area (Å²) in [4.78, 5) is 17.9. The number of hydrogen-bond acceptors (Lipinski definition) is 4. The van der Waals surface area contributed by atoms with Gasteiger partial charge in [-0.2, -0.15) is 0 Å². The number of thiazole rings is 1. The van der Waals surface area contributed by atoms with Gasteiger partial charge in [-0.25, -0.2) is 4.98 Å². The third kappa shape index (κ3) is 2.98. The van der Waals surface area contributed by atoms with Gasteiger partial charge >= 0.3 is 0 Å². The van der Waals surface area contributed by atoms with E-state index >= 15 is 0 Å². The molecular weight excluding hydrogens is 356 g/mol. The van der Waals surface area contributed by atoms with E-state index in [0.717, 1.165) is 14.9 Å². The van der Waals surface area contributed by atoms with E-state index in [4.69, 9.17) is 0 Å². The third-order valence-electron chi connectivity index (χ3n) is 2.61. The number of amides is 1. The van der Waals surface area contributed by atoms with Crippen LogP contribution in [0.2, 0.25) is 0 Å². The van der Waals surface area contributed by atoms with Gasteiger partial charge in [-0.05, 0) is 29.8 Å². The molecule has 2 aromatic heterocycles. The molecule has 0 aliphatic rings. The number of rotatable bonds is 3. The number of nitrogens with zero attached hydrogens (tertiary/aromatic N) is 1. The first kappa shape index (κ1) is 13.5. The molecule has 0 atom stereocenters. The quantitative estimate of drug-likeness (QED) is 0.718. The van der Waals surface area contributed by atoms with Crippen LogP contribution in [0.1, 0.15) is 9.67 Å². The zero-order chi connectivity index (χ0) is 13.9. The topological polar surface area (TPSA) is 42.0 Å². The summed E-state index contributed by atoms with van der Waals surface area (Å²) >= 11 is 6.29. The van der Waals surface area contributed by atoms with Crippen molar-refractivity contribution in [1.29, 1.82) is 0 Å². The monoisotopic (exact) mass is 364 g/mol. The van der Waals surface area contributed by atoms with Gasteiger partial charge in [0.1, 0.15) is 0 Å². The van der Waals surface area contributed by atoms with Crippen LogP contribution >= 0.6 is 38.6 Å². The van der Waals surface area contributed by atoms with E-state index in [-0.39, 0.29) is 5.91 Å². The third-order valence-corrected chi connectivity index (χ3v) is 4.96. The van der Waals surface area contributed by atoms with Gasteiger partial charge in [0.15, 0.2) is 5.13 Å². The van der Waals surface area contributed by atoms with E-state index in [2.05, 4.69) is 26.2 Å². The van der Waals surface area contributed by atoms with Gasteiger partial charge in [0.2, 0.25) is 0 Å². The molecule has 0 fully saturated rings. The highest BCUT2D eigenvalue weighted by Crippen LogP contribution is 2.29. The minimum atomic E-state index is -0.117. The predicted molar refractivity (Wildman–Crippen MR) is 87.5 cm³/mol. The molecule has 3 aromatic rings. The van der Waals surface area contributed by atoms with Gasteiger partial charge < -0.3 is 0 Å². The Morgan fingerprint density at radius 3 is 2.65 bits per heavy atom. The summed E-state index contributed by atoms with van der Waals surface area (Å²) in [5.41, 5.74) is 1.10. The van der Waals surface area contributed by atoms with Crippen LogP contribution in [0.5, 0.6) is 0 Å². The fourth-order valence-corrected chi connectivity index (χ4v) is 3.37. The molecule has 0 saturated heterocycles. The Labute approximate surface area is 132 Å². The van der Waals surface area contributed by atoms with Crippen LogP contribution in [-0.2, 0) is 0 Å². The van der Waals surface area contributed by atoms with Gasteiger partial charge in [-0.3, -0.25) is 10.1 Å². The van der Waals surface area contributed by atoms with Crippen molar-refractivity contribution in [2.75, 3.05) is 5.32 Å². The number of benzene rings is 1. The minimum absolute atomic E-state index is 0.117. The number of carbonyl (C=O) groups excluding carboxylic acids is 1. The average molecular weight is 365 g/mol. The van der Waals surface area contributed by atoms with Crippen LogP contribution in [0.25, 0.3) is 10.4 Å². The maximum atomic E-state index is 12.1. The molecule has 0 aliphatic carbocycles. The van der Waals surface area contributed by atoms with E-state index in [1.165, 1.54) is 22.7 Å². The van der Waals surface area contributed by atoms with Crippen LogP contribution in [0.4, 0.5) is 5.13 Å². The Morgan fingerprint density at radius 2 is 1.95 bits per heavy atom. The molecule has 20 heavy (non-hydrogen) atoms. The number of anilines is 1. The first-order valence-corrected chi connectivity index (χ1v) is 8.28. The van der Waals surface area contributed by atoms with E-state index in [9.17, 15) is 4.79 Å². The normalized spacial score (nSPS) is 10.4. The zero-order valence-corrected chi connectivity index (χ0v) is 13.4. The van der Waals surface area contributed by atoms with E-state index in [1.54, 1.807) is 6.20 Å². The molecule has 100 valence electrons. The van der Waals surface area contributed by atoms with Crippen molar-refractivity contribution in [3.8, 4) is 10.4 Å². The Kier molecular flexibility index (Phi) is 3.95. The molecule has 0 aliphatic heterocycles. The predicted octanol–water partition coefficient (Wildman–Crippen LogP) is 4.89. The summed E-state index contributed by atoms with van der Waals surface area (Å²) in [7, 11) is 0. The summed E-state index contributed by atoms with van der Waals surface area (Å²) in [6.45, 7) is 0. The van der Waals surface area contributed by atoms with Crippen LogP contribution in [0, 0.1) is 0 Å². The molecule has 3 rings (SSSR count). The van der Waals surface area contributed by atoms with Gasteiger partial charge in [-0.15, -0.1) is 22.7 Å². The molecule has 0 saturated carbocycles. The fourth-order valence-electron chi connectivity index (χ4n) is 1.67. The molecule has 0 bridgehead atoms. The molecule has 3 nitrogen and oxygen atoms in total. The standard InChI is InChI=1S/C14H9BrN2OS2/c15-10-3-1-9(2-4-10)11-5-6-12(20-11)13(18)17-14-16-7-8-19-14/h1-8H,(H,16,17,18). The average Bonchev–Trinajstić information content (AvgIpc) is 3.10. The SMILES string of the molecule is O=C(Nc1nccs1)c1ccc(-c2ccc(Br)cc2)s1. The maximum Gasteiger partial charge on any atom is 0.267 e. The summed E-state index contributed by atoms with van der Waals surface area (Å²) in [5, 5.41) is 5.23. The second-order valence-corrected chi connectivity index (χ2v) is 6.86. The zero-order valence-electron chi connectivity index (χ0n) is 10.2. The lowest BCUT2D eigenvalue weighted by Gasteiger charge is -1.98. The van der Waals surface area contributed by atoms with E-state index < -0.39 is 0 Å². The van der Waals surface area contributed by atoms with Crippen molar-refractivity contribution in [3.63, 3.8) is 0 Å². The van der Waals surface area contributed by atoms with Crippen LogP contribution in [0.3, 0.4) is 0 Å². The van der Waals surface area contributed by atoms with Crippen LogP contribution in [0.15, 0.2) is 52.4 Å². The van der Waals surface area contributed by atoms with Gasteiger partial charge in [0, 0.05) is 20.9 Å². The highest BCUT2D eigenvalue weighted by molar-refractivity contribution is 9.10. The van der Waals surface area contributed by atoms with Crippen LogP contribution in [-0.4, -0.2) is 10.9 Å². The first-order chi connectivity index (χ1) is 9.72. The van der Waals surface area contributed by atoms with Crippen molar-refractivity contribution >= 4 is 49.6 Å². The Hall–Kier alpha value is -1.50. The molecule has 0 unspecified atom stereocenters. The Balaban J connectivity index is 1.79. The van der Waals surface area contributed by atoms with E-state index in [0.29, 0.717) is 10.0 Å². The van der Waals surface area contributed by atoms with Crippen LogP contribution < -0.4 is 5.32 Å². The highest BCUT2D eigenvalue weighted by Gasteiger charge is 2.11.